The van der Waals surface area contributed by atoms with E-state index in [2.05, 4.69) is 9.24 Å². The van der Waals surface area contributed by atoms with Crippen LogP contribution < -0.4 is 0 Å². The van der Waals surface area contributed by atoms with E-state index in [1.54, 1.807) is 0 Å². The van der Waals surface area contributed by atoms with Crippen molar-refractivity contribution in [2.45, 2.75) is 19.0 Å². The zero-order valence-corrected chi connectivity index (χ0v) is 6.62. The van der Waals surface area contributed by atoms with Crippen LogP contribution in [0, 0.1) is 5.92 Å². The number of carbonyl (C=O) groups excluding carboxylic acids is 1. The van der Waals surface area contributed by atoms with E-state index in [-0.39, 0.29) is 11.9 Å². The number of hydrogen-bond donors (Lipinski definition) is 0. The van der Waals surface area contributed by atoms with Crippen LogP contribution in [-0.4, -0.2) is 18.2 Å². The van der Waals surface area contributed by atoms with Crippen LogP contribution in [0.5, 0.6) is 0 Å². The first kappa shape index (κ1) is 7.01. The molecule has 0 saturated carbocycles. The summed E-state index contributed by atoms with van der Waals surface area (Å²) < 4.78 is 4.81. The number of esters is 1. The maximum atomic E-state index is 10.8. The molecular weight excluding hydrogens is 135 g/mol. The Bertz CT molecular complexity index is 124. The lowest BCUT2D eigenvalue weighted by Gasteiger charge is -2.03. The molecule has 1 saturated heterocycles. The molecule has 0 spiro atoms. The van der Waals surface area contributed by atoms with Crippen molar-refractivity contribution in [1.82, 2.24) is 0 Å². The molecule has 0 aromatic heterocycles. The standard InChI is InChI=1S/C6H11O2P/c1-2-4-5(9)3-8-6(4)7/h4-5H,2-3,9H2,1H3. The van der Waals surface area contributed by atoms with Gasteiger partial charge in [-0.2, -0.15) is 0 Å². The first-order chi connectivity index (χ1) is 4.25. The highest BCUT2D eigenvalue weighted by molar-refractivity contribution is 7.17. The van der Waals surface area contributed by atoms with E-state index in [1.807, 2.05) is 6.92 Å². The number of hydrogen-bond acceptors (Lipinski definition) is 2. The summed E-state index contributed by atoms with van der Waals surface area (Å²) in [4.78, 5) is 10.8. The van der Waals surface area contributed by atoms with Gasteiger partial charge in [-0.3, -0.25) is 4.79 Å². The zero-order chi connectivity index (χ0) is 6.85. The van der Waals surface area contributed by atoms with Crippen LogP contribution in [0.2, 0.25) is 0 Å². The Hall–Kier alpha value is -0.100. The summed E-state index contributed by atoms with van der Waals surface area (Å²) >= 11 is 0. The van der Waals surface area contributed by atoms with Crippen LogP contribution in [0.1, 0.15) is 13.3 Å². The van der Waals surface area contributed by atoms with Gasteiger partial charge in [0.1, 0.15) is 0 Å². The molecule has 0 aliphatic carbocycles. The molecule has 1 fully saturated rings. The SMILES string of the molecule is CCC1C(=O)OCC1P. The van der Waals surface area contributed by atoms with Crippen molar-refractivity contribution in [1.29, 1.82) is 0 Å². The van der Waals surface area contributed by atoms with Crippen LogP contribution in [0.3, 0.4) is 0 Å². The third-order valence-corrected chi connectivity index (χ3v) is 2.33. The lowest BCUT2D eigenvalue weighted by molar-refractivity contribution is -0.141. The Morgan fingerprint density at radius 1 is 1.89 bits per heavy atom. The normalized spacial score (nSPS) is 34.7. The molecular formula is C6H11O2P. The Balaban J connectivity index is 2.55. The number of rotatable bonds is 1. The highest BCUT2D eigenvalue weighted by Gasteiger charge is 2.31. The van der Waals surface area contributed by atoms with E-state index in [1.165, 1.54) is 0 Å². The summed E-state index contributed by atoms with van der Waals surface area (Å²) in [6.45, 7) is 2.59. The van der Waals surface area contributed by atoms with E-state index >= 15 is 0 Å². The minimum absolute atomic E-state index is 0.0301. The van der Waals surface area contributed by atoms with E-state index in [9.17, 15) is 4.79 Å². The monoisotopic (exact) mass is 146 g/mol. The van der Waals surface area contributed by atoms with Crippen LogP contribution in [0.15, 0.2) is 0 Å². The summed E-state index contributed by atoms with van der Waals surface area (Å²) in [6.07, 6.45) is 0.896. The average Bonchev–Trinajstić information content (AvgIpc) is 2.12. The second kappa shape index (κ2) is 2.66. The summed E-state index contributed by atoms with van der Waals surface area (Å²) in [5.74, 6) is 0.104. The lowest BCUT2D eigenvalue weighted by atomic mass is 10.1. The molecule has 0 radical (unpaired) electrons. The molecule has 0 aromatic rings. The van der Waals surface area contributed by atoms with Crippen LogP contribution >= 0.6 is 9.24 Å². The van der Waals surface area contributed by atoms with Crippen LogP contribution in [-0.2, 0) is 9.53 Å². The van der Waals surface area contributed by atoms with Gasteiger partial charge in [0.2, 0.25) is 0 Å². The molecule has 3 unspecified atom stereocenters. The minimum Gasteiger partial charge on any atom is -0.465 e. The van der Waals surface area contributed by atoms with E-state index < -0.39 is 0 Å². The van der Waals surface area contributed by atoms with Gasteiger partial charge in [0.05, 0.1) is 12.5 Å². The summed E-state index contributed by atoms with van der Waals surface area (Å²) in [6, 6.07) is 0. The van der Waals surface area contributed by atoms with Gasteiger partial charge >= 0.3 is 5.97 Å². The molecule has 3 atom stereocenters. The molecule has 1 aliphatic rings. The maximum Gasteiger partial charge on any atom is 0.309 e. The van der Waals surface area contributed by atoms with Crippen molar-refractivity contribution in [3.8, 4) is 0 Å². The Morgan fingerprint density at radius 3 is 2.78 bits per heavy atom. The third-order valence-electron chi connectivity index (χ3n) is 1.68. The predicted molar refractivity (Wildman–Crippen MR) is 38.2 cm³/mol. The minimum atomic E-state index is -0.0301. The van der Waals surface area contributed by atoms with Crippen molar-refractivity contribution in [2.75, 3.05) is 6.61 Å². The molecule has 0 aromatic carbocycles. The molecule has 0 bridgehead atoms. The summed E-state index contributed by atoms with van der Waals surface area (Å²) in [5, 5.41) is 0. The summed E-state index contributed by atoms with van der Waals surface area (Å²) in [5.41, 5.74) is 0.350. The molecule has 0 amide bonds. The number of ether oxygens (including phenoxy) is 1. The predicted octanol–water partition coefficient (Wildman–Crippen LogP) is 0.813. The smallest absolute Gasteiger partial charge is 0.309 e. The quantitative estimate of drug-likeness (QED) is 0.404. The second-order valence-electron chi connectivity index (χ2n) is 2.31. The fourth-order valence-electron chi connectivity index (χ4n) is 1.05. The Kier molecular flexibility index (Phi) is 2.07. The molecule has 9 heavy (non-hydrogen) atoms. The van der Waals surface area contributed by atoms with Gasteiger partial charge in [-0.05, 0) is 6.42 Å². The molecule has 1 aliphatic heterocycles. The average molecular weight is 146 g/mol. The van der Waals surface area contributed by atoms with Crippen LogP contribution in [0.4, 0.5) is 0 Å². The van der Waals surface area contributed by atoms with Gasteiger partial charge in [0.25, 0.3) is 0 Å². The van der Waals surface area contributed by atoms with Gasteiger partial charge in [-0.25, -0.2) is 0 Å². The Labute approximate surface area is 57.2 Å². The fourth-order valence-corrected chi connectivity index (χ4v) is 1.57. The molecule has 3 heteroatoms. The van der Waals surface area contributed by atoms with Crippen molar-refractivity contribution >= 4 is 15.2 Å². The van der Waals surface area contributed by atoms with E-state index in [4.69, 9.17) is 4.74 Å². The molecule has 0 N–H and O–H groups in total. The van der Waals surface area contributed by atoms with Crippen molar-refractivity contribution < 1.29 is 9.53 Å². The van der Waals surface area contributed by atoms with E-state index in [0.29, 0.717) is 12.3 Å². The van der Waals surface area contributed by atoms with Gasteiger partial charge in [0.15, 0.2) is 0 Å². The van der Waals surface area contributed by atoms with Gasteiger partial charge in [0, 0.05) is 5.66 Å². The van der Waals surface area contributed by atoms with Crippen molar-refractivity contribution in [3.63, 3.8) is 0 Å². The zero-order valence-electron chi connectivity index (χ0n) is 5.46. The highest BCUT2D eigenvalue weighted by atomic mass is 31.0. The van der Waals surface area contributed by atoms with Gasteiger partial charge in [-0.1, -0.05) is 6.92 Å². The molecule has 1 heterocycles. The van der Waals surface area contributed by atoms with E-state index in [0.717, 1.165) is 6.42 Å². The third kappa shape index (κ3) is 1.24. The van der Waals surface area contributed by atoms with Crippen molar-refractivity contribution in [3.05, 3.63) is 0 Å². The number of carbonyl (C=O) groups is 1. The molecule has 2 nitrogen and oxygen atoms in total. The second-order valence-corrected chi connectivity index (χ2v) is 3.16. The summed E-state index contributed by atoms with van der Waals surface area (Å²) in [7, 11) is 2.63. The van der Waals surface area contributed by atoms with Gasteiger partial charge in [-0.15, -0.1) is 9.24 Å². The molecule has 52 valence electrons. The lowest BCUT2D eigenvalue weighted by Crippen LogP contribution is -2.13. The highest BCUT2D eigenvalue weighted by Crippen LogP contribution is 2.24. The fraction of sp³-hybridized carbons (Fsp3) is 0.833. The van der Waals surface area contributed by atoms with Gasteiger partial charge < -0.3 is 4.74 Å². The number of cyclic esters (lactones) is 1. The molecule has 1 rings (SSSR count). The first-order valence-corrected chi connectivity index (χ1v) is 3.84. The topological polar surface area (TPSA) is 26.3 Å². The Morgan fingerprint density at radius 2 is 2.56 bits per heavy atom. The maximum absolute atomic E-state index is 10.8. The van der Waals surface area contributed by atoms with Crippen molar-refractivity contribution in [2.24, 2.45) is 5.92 Å². The van der Waals surface area contributed by atoms with Crippen LogP contribution in [0.25, 0.3) is 0 Å². The first-order valence-electron chi connectivity index (χ1n) is 3.18. The largest absolute Gasteiger partial charge is 0.465 e.